The van der Waals surface area contributed by atoms with Gasteiger partial charge in [0.1, 0.15) is 11.9 Å². The van der Waals surface area contributed by atoms with E-state index in [2.05, 4.69) is 15.5 Å². The second-order valence-corrected chi connectivity index (χ2v) is 5.81. The van der Waals surface area contributed by atoms with Crippen LogP contribution >= 0.6 is 11.6 Å². The Morgan fingerprint density at radius 2 is 2.04 bits per heavy atom. The highest BCUT2D eigenvalue weighted by molar-refractivity contribution is 6.31. The molecule has 0 aliphatic heterocycles. The van der Waals surface area contributed by atoms with Gasteiger partial charge in [-0.05, 0) is 24.3 Å². The summed E-state index contributed by atoms with van der Waals surface area (Å²) in [4.78, 5) is 13.6. The lowest BCUT2D eigenvalue weighted by molar-refractivity contribution is -0.120. The van der Waals surface area contributed by atoms with E-state index in [1.165, 1.54) is 29.2 Å². The van der Waals surface area contributed by atoms with Gasteiger partial charge in [0.15, 0.2) is 0 Å². The number of para-hydroxylation sites is 1. The van der Waals surface area contributed by atoms with Crippen LogP contribution < -0.4 is 5.32 Å². The Balaban J connectivity index is 1.71. The molecule has 1 N–H and O–H groups in total. The van der Waals surface area contributed by atoms with E-state index in [0.29, 0.717) is 5.69 Å². The molecule has 0 saturated carbocycles. The number of benzene rings is 2. The van der Waals surface area contributed by atoms with Gasteiger partial charge in [0.05, 0.1) is 30.1 Å². The summed E-state index contributed by atoms with van der Waals surface area (Å²) < 4.78 is 13.9. The van der Waals surface area contributed by atoms with Crippen molar-refractivity contribution < 1.29 is 9.18 Å². The minimum Gasteiger partial charge on any atom is -0.336 e. The van der Waals surface area contributed by atoms with Gasteiger partial charge in [-0.1, -0.05) is 35.9 Å². The molecule has 0 bridgehead atoms. The Hall–Kier alpha value is -3.24. The normalized spacial score (nSPS) is 11.6. The molecule has 3 aromatic rings. The number of carbonyl (C=O) groups is 1. The molecule has 0 saturated heterocycles. The Morgan fingerprint density at radius 3 is 2.73 bits per heavy atom. The fraction of sp³-hybridized carbons (Fsp3) is 0.111. The maximum absolute atomic E-state index is 13.9. The summed E-state index contributed by atoms with van der Waals surface area (Å²) in [5, 5.41) is 20.1. The van der Waals surface area contributed by atoms with Crippen molar-refractivity contribution in [1.29, 1.82) is 5.26 Å². The molecule has 0 spiro atoms. The fourth-order valence-corrected chi connectivity index (χ4v) is 2.67. The summed E-state index contributed by atoms with van der Waals surface area (Å²) in [5.74, 6) is -1.14. The molecule has 0 fully saturated rings. The van der Waals surface area contributed by atoms with E-state index >= 15 is 0 Å². The molecule has 8 heteroatoms. The van der Waals surface area contributed by atoms with Crippen LogP contribution in [0.4, 0.5) is 4.39 Å². The molecule has 0 aliphatic carbocycles. The average Bonchev–Trinajstić information content (AvgIpc) is 3.09. The first-order chi connectivity index (χ1) is 12.6. The SMILES string of the molecule is N#CC(NC(=O)Cc1cnn(-c2ccccc2)n1)c1c(F)cccc1Cl. The number of halogens is 2. The molecule has 130 valence electrons. The highest BCUT2D eigenvalue weighted by Gasteiger charge is 2.21. The Morgan fingerprint density at radius 1 is 1.27 bits per heavy atom. The lowest BCUT2D eigenvalue weighted by Crippen LogP contribution is -2.30. The first-order valence-corrected chi connectivity index (χ1v) is 8.06. The van der Waals surface area contributed by atoms with Crippen molar-refractivity contribution >= 4 is 17.5 Å². The second-order valence-electron chi connectivity index (χ2n) is 5.40. The van der Waals surface area contributed by atoms with Crippen molar-refractivity contribution in [1.82, 2.24) is 20.3 Å². The van der Waals surface area contributed by atoms with Gasteiger partial charge in [0.25, 0.3) is 0 Å². The van der Waals surface area contributed by atoms with Gasteiger partial charge in [-0.2, -0.15) is 20.3 Å². The fourth-order valence-electron chi connectivity index (χ4n) is 2.39. The third kappa shape index (κ3) is 3.87. The number of hydrogen-bond donors (Lipinski definition) is 1. The zero-order valence-corrected chi connectivity index (χ0v) is 14.2. The van der Waals surface area contributed by atoms with Gasteiger partial charge in [-0.15, -0.1) is 0 Å². The van der Waals surface area contributed by atoms with Crippen LogP contribution in [-0.4, -0.2) is 20.9 Å². The van der Waals surface area contributed by atoms with Crippen LogP contribution in [0.25, 0.3) is 5.69 Å². The first kappa shape index (κ1) is 17.6. The largest absolute Gasteiger partial charge is 0.336 e. The Labute approximate surface area is 153 Å². The molecule has 6 nitrogen and oxygen atoms in total. The molecular weight excluding hydrogens is 357 g/mol. The minimum absolute atomic E-state index is 0.0574. The summed E-state index contributed by atoms with van der Waals surface area (Å²) in [6.07, 6.45) is 1.36. The monoisotopic (exact) mass is 369 g/mol. The molecule has 0 aliphatic rings. The Kier molecular flexibility index (Phi) is 5.25. The summed E-state index contributed by atoms with van der Waals surface area (Å²) in [5.41, 5.74) is 1.12. The molecule has 2 aromatic carbocycles. The van der Waals surface area contributed by atoms with E-state index < -0.39 is 17.8 Å². The van der Waals surface area contributed by atoms with Crippen molar-refractivity contribution in [2.75, 3.05) is 0 Å². The molecule has 26 heavy (non-hydrogen) atoms. The number of carbonyl (C=O) groups excluding carboxylic acids is 1. The second kappa shape index (κ2) is 7.76. The zero-order chi connectivity index (χ0) is 18.5. The van der Waals surface area contributed by atoms with E-state index in [0.717, 1.165) is 5.69 Å². The van der Waals surface area contributed by atoms with E-state index in [9.17, 15) is 14.4 Å². The molecule has 1 amide bonds. The topological polar surface area (TPSA) is 83.6 Å². The predicted octanol–water partition coefficient (Wildman–Crippen LogP) is 2.98. The lowest BCUT2D eigenvalue weighted by Gasteiger charge is -2.13. The van der Waals surface area contributed by atoms with Gasteiger partial charge >= 0.3 is 0 Å². The van der Waals surface area contributed by atoms with Crippen LogP contribution in [0.1, 0.15) is 17.3 Å². The van der Waals surface area contributed by atoms with E-state index in [-0.39, 0.29) is 17.0 Å². The quantitative estimate of drug-likeness (QED) is 0.749. The van der Waals surface area contributed by atoms with Crippen molar-refractivity contribution in [3.05, 3.63) is 76.8 Å². The third-order valence-electron chi connectivity index (χ3n) is 3.59. The van der Waals surface area contributed by atoms with Crippen LogP contribution in [0.2, 0.25) is 5.02 Å². The Bertz CT molecular complexity index is 947. The van der Waals surface area contributed by atoms with E-state index in [4.69, 9.17) is 11.6 Å². The summed E-state index contributed by atoms with van der Waals surface area (Å²) in [6.45, 7) is 0. The molecule has 0 radical (unpaired) electrons. The zero-order valence-electron chi connectivity index (χ0n) is 13.4. The molecule has 1 atom stereocenters. The molecule has 1 heterocycles. The number of hydrogen-bond acceptors (Lipinski definition) is 4. The number of amides is 1. The number of aromatic nitrogens is 3. The molecule has 1 unspecified atom stereocenters. The number of nitriles is 1. The van der Waals surface area contributed by atoms with Crippen LogP contribution in [-0.2, 0) is 11.2 Å². The van der Waals surface area contributed by atoms with Crippen LogP contribution in [0.15, 0.2) is 54.7 Å². The molecule has 1 aromatic heterocycles. The summed E-state index contributed by atoms with van der Waals surface area (Å²) in [6, 6.07) is 14.0. The van der Waals surface area contributed by atoms with Crippen LogP contribution in [0.3, 0.4) is 0 Å². The van der Waals surface area contributed by atoms with E-state index in [1.54, 1.807) is 0 Å². The highest BCUT2D eigenvalue weighted by Crippen LogP contribution is 2.25. The number of nitrogens with zero attached hydrogens (tertiary/aromatic N) is 4. The lowest BCUT2D eigenvalue weighted by atomic mass is 10.1. The maximum Gasteiger partial charge on any atom is 0.227 e. The predicted molar refractivity (Wildman–Crippen MR) is 93.0 cm³/mol. The van der Waals surface area contributed by atoms with Crippen molar-refractivity contribution in [2.24, 2.45) is 0 Å². The minimum atomic E-state index is -1.19. The molecular formula is C18H13ClFN5O. The number of nitrogens with one attached hydrogen (secondary N) is 1. The summed E-state index contributed by atoms with van der Waals surface area (Å²) >= 11 is 5.95. The average molecular weight is 370 g/mol. The van der Waals surface area contributed by atoms with Gasteiger partial charge in [-0.3, -0.25) is 4.79 Å². The van der Waals surface area contributed by atoms with Gasteiger partial charge in [0.2, 0.25) is 5.91 Å². The first-order valence-electron chi connectivity index (χ1n) is 7.68. The van der Waals surface area contributed by atoms with Crippen LogP contribution in [0.5, 0.6) is 0 Å². The maximum atomic E-state index is 13.9. The highest BCUT2D eigenvalue weighted by atomic mass is 35.5. The smallest absolute Gasteiger partial charge is 0.227 e. The van der Waals surface area contributed by atoms with E-state index in [1.807, 2.05) is 36.4 Å². The van der Waals surface area contributed by atoms with Gasteiger partial charge in [0, 0.05) is 10.6 Å². The van der Waals surface area contributed by atoms with Crippen molar-refractivity contribution in [3.63, 3.8) is 0 Å². The third-order valence-corrected chi connectivity index (χ3v) is 3.92. The van der Waals surface area contributed by atoms with Gasteiger partial charge < -0.3 is 5.32 Å². The summed E-state index contributed by atoms with van der Waals surface area (Å²) in [7, 11) is 0. The van der Waals surface area contributed by atoms with Gasteiger partial charge in [-0.25, -0.2) is 4.39 Å². The standard InChI is InChI=1S/C18H13ClFN5O/c19-14-7-4-8-15(20)18(14)16(10-21)23-17(26)9-12-11-22-25(24-12)13-5-2-1-3-6-13/h1-8,11,16H,9H2,(H,23,26). The van der Waals surface area contributed by atoms with Crippen molar-refractivity contribution in [2.45, 2.75) is 12.5 Å². The molecule has 3 rings (SSSR count). The number of rotatable bonds is 5. The van der Waals surface area contributed by atoms with Crippen molar-refractivity contribution in [3.8, 4) is 11.8 Å². The van der Waals surface area contributed by atoms with Crippen LogP contribution in [0, 0.1) is 17.1 Å².